The van der Waals surface area contributed by atoms with E-state index in [4.69, 9.17) is 0 Å². The van der Waals surface area contributed by atoms with Crippen molar-refractivity contribution in [1.82, 2.24) is 3.97 Å². The minimum absolute atomic E-state index is 0.00323. The van der Waals surface area contributed by atoms with E-state index in [1.807, 2.05) is 0 Å². The highest BCUT2D eigenvalue weighted by molar-refractivity contribution is 7.91. The average Bonchev–Trinajstić information content (AvgIpc) is 3.13. The number of hydrogen-bond acceptors (Lipinski definition) is 5. The maximum atomic E-state index is 14.2. The number of sulfone groups is 1. The zero-order chi connectivity index (χ0) is 20.5. The number of aromatic nitrogens is 1. The number of rotatable bonds is 6. The van der Waals surface area contributed by atoms with E-state index in [1.165, 1.54) is 55.5 Å². The molecule has 28 heavy (non-hydrogen) atoms. The Kier molecular flexibility index (Phi) is 5.22. The van der Waals surface area contributed by atoms with Gasteiger partial charge in [0.25, 0.3) is 10.0 Å². The lowest BCUT2D eigenvalue weighted by Gasteiger charge is -2.12. The Bertz CT molecular complexity index is 1260. The van der Waals surface area contributed by atoms with Gasteiger partial charge in [0.15, 0.2) is 16.1 Å². The molecule has 0 bridgehead atoms. The fourth-order valence-electron chi connectivity index (χ4n) is 2.70. The summed E-state index contributed by atoms with van der Waals surface area (Å²) < 4.78 is 65.6. The van der Waals surface area contributed by atoms with Crippen LogP contribution < -0.4 is 0 Å². The second-order valence-electron chi connectivity index (χ2n) is 5.94. The molecule has 0 atom stereocenters. The number of carbonyl (C=O) groups is 1. The molecule has 6 nitrogen and oxygen atoms in total. The molecule has 3 aromatic rings. The van der Waals surface area contributed by atoms with E-state index in [0.29, 0.717) is 6.29 Å². The number of hydrogen-bond donors (Lipinski definition) is 0. The Morgan fingerprint density at radius 1 is 0.964 bits per heavy atom. The molecule has 0 aliphatic carbocycles. The van der Waals surface area contributed by atoms with Gasteiger partial charge in [0, 0.05) is 17.3 Å². The summed E-state index contributed by atoms with van der Waals surface area (Å²) in [6.07, 6.45) is 1.53. The zero-order valence-corrected chi connectivity index (χ0v) is 16.4. The van der Waals surface area contributed by atoms with Gasteiger partial charge in [0.2, 0.25) is 0 Å². The van der Waals surface area contributed by atoms with Crippen LogP contribution in [-0.2, 0) is 19.9 Å². The second-order valence-corrected chi connectivity index (χ2v) is 10.0. The van der Waals surface area contributed by atoms with E-state index in [0.717, 1.165) is 16.2 Å². The van der Waals surface area contributed by atoms with E-state index in [-0.39, 0.29) is 32.4 Å². The van der Waals surface area contributed by atoms with Gasteiger partial charge < -0.3 is 0 Å². The van der Waals surface area contributed by atoms with Crippen LogP contribution in [0.1, 0.15) is 17.3 Å². The van der Waals surface area contributed by atoms with E-state index >= 15 is 0 Å². The van der Waals surface area contributed by atoms with E-state index in [9.17, 15) is 26.0 Å². The van der Waals surface area contributed by atoms with Crippen molar-refractivity contribution in [2.24, 2.45) is 0 Å². The van der Waals surface area contributed by atoms with Crippen LogP contribution in [0.2, 0.25) is 0 Å². The summed E-state index contributed by atoms with van der Waals surface area (Å²) in [6.45, 7) is 1.45. The van der Waals surface area contributed by atoms with Gasteiger partial charge in [-0.3, -0.25) is 4.79 Å². The van der Waals surface area contributed by atoms with Crippen LogP contribution in [0.5, 0.6) is 0 Å². The summed E-state index contributed by atoms with van der Waals surface area (Å²) in [5.41, 5.74) is -0.000349. The number of carbonyl (C=O) groups excluding carboxylic acids is 1. The van der Waals surface area contributed by atoms with Gasteiger partial charge in [-0.1, -0.05) is 25.1 Å². The Labute approximate surface area is 162 Å². The Hall–Kier alpha value is -2.78. The molecule has 146 valence electrons. The van der Waals surface area contributed by atoms with Crippen LogP contribution in [0.25, 0.3) is 11.3 Å². The second kappa shape index (κ2) is 7.33. The quantitative estimate of drug-likeness (QED) is 0.571. The standard InChI is InChI=1S/C19H16FNO5S2/c1-2-27(23,24)15-6-5-7-16(11-15)28(25,26)21-12-14(13-22)10-19(21)17-8-3-4-9-18(17)20/h3-13H,2H2,1H3. The molecule has 0 spiro atoms. The van der Waals surface area contributed by atoms with E-state index < -0.39 is 25.7 Å². The molecule has 1 aromatic heterocycles. The third-order valence-corrected chi connectivity index (χ3v) is 7.60. The Balaban J connectivity index is 2.24. The SMILES string of the molecule is CCS(=O)(=O)c1cccc(S(=O)(=O)n2cc(C=O)cc2-c2ccccc2F)c1. The molecule has 9 heteroatoms. The molecule has 0 saturated heterocycles. The van der Waals surface area contributed by atoms with Crippen LogP contribution in [0.15, 0.2) is 70.6 Å². The molecule has 1 heterocycles. The lowest BCUT2D eigenvalue weighted by Crippen LogP contribution is -2.14. The molecule has 0 saturated carbocycles. The van der Waals surface area contributed by atoms with Crippen molar-refractivity contribution in [3.8, 4) is 11.3 Å². The monoisotopic (exact) mass is 421 g/mol. The van der Waals surface area contributed by atoms with Gasteiger partial charge in [-0.25, -0.2) is 25.2 Å². The predicted molar refractivity (Wildman–Crippen MR) is 102 cm³/mol. The molecule has 2 aromatic carbocycles. The summed E-state index contributed by atoms with van der Waals surface area (Å²) in [7, 11) is -7.91. The van der Waals surface area contributed by atoms with Crippen LogP contribution >= 0.6 is 0 Å². The molecule has 0 N–H and O–H groups in total. The summed E-state index contributed by atoms with van der Waals surface area (Å²) in [6, 6.07) is 11.8. The third-order valence-electron chi connectivity index (χ3n) is 4.19. The van der Waals surface area contributed by atoms with Gasteiger partial charge in [-0.05, 0) is 36.4 Å². The van der Waals surface area contributed by atoms with Crippen molar-refractivity contribution < 1.29 is 26.0 Å². The van der Waals surface area contributed by atoms with E-state index in [2.05, 4.69) is 0 Å². The molecule has 0 aliphatic heterocycles. The summed E-state index contributed by atoms with van der Waals surface area (Å²) >= 11 is 0. The first kappa shape index (κ1) is 20.0. The lowest BCUT2D eigenvalue weighted by atomic mass is 10.1. The van der Waals surface area contributed by atoms with Gasteiger partial charge in [-0.15, -0.1) is 0 Å². The normalized spacial score (nSPS) is 12.1. The first-order valence-corrected chi connectivity index (χ1v) is 11.3. The lowest BCUT2D eigenvalue weighted by molar-refractivity contribution is 0.112. The molecule has 0 aliphatic rings. The van der Waals surface area contributed by atoms with E-state index in [1.54, 1.807) is 0 Å². The third kappa shape index (κ3) is 3.50. The molecule has 0 radical (unpaired) electrons. The van der Waals surface area contributed by atoms with Gasteiger partial charge >= 0.3 is 0 Å². The fourth-order valence-corrected chi connectivity index (χ4v) is 5.13. The van der Waals surface area contributed by atoms with Crippen molar-refractivity contribution in [1.29, 1.82) is 0 Å². The number of aldehydes is 1. The highest BCUT2D eigenvalue weighted by Crippen LogP contribution is 2.29. The highest BCUT2D eigenvalue weighted by Gasteiger charge is 2.24. The van der Waals surface area contributed by atoms with Gasteiger partial charge in [0.1, 0.15) is 5.82 Å². The smallest absolute Gasteiger partial charge is 0.268 e. The number of benzene rings is 2. The average molecular weight is 421 g/mol. The number of nitrogens with zero attached hydrogens (tertiary/aromatic N) is 1. The fraction of sp³-hybridized carbons (Fsp3) is 0.105. The summed E-state index contributed by atoms with van der Waals surface area (Å²) in [4.78, 5) is 10.8. The highest BCUT2D eigenvalue weighted by atomic mass is 32.2. The molecule has 0 amide bonds. The van der Waals surface area contributed by atoms with Crippen molar-refractivity contribution in [2.75, 3.05) is 5.75 Å². The zero-order valence-electron chi connectivity index (χ0n) is 14.7. The first-order chi connectivity index (χ1) is 13.2. The van der Waals surface area contributed by atoms with Crippen molar-refractivity contribution >= 4 is 26.1 Å². The minimum atomic E-state index is -4.29. The largest absolute Gasteiger partial charge is 0.298 e. The molecular weight excluding hydrogens is 405 g/mol. The van der Waals surface area contributed by atoms with Crippen LogP contribution in [-0.4, -0.2) is 32.8 Å². The Morgan fingerprint density at radius 3 is 2.29 bits per heavy atom. The van der Waals surface area contributed by atoms with Gasteiger partial charge in [-0.2, -0.15) is 0 Å². The van der Waals surface area contributed by atoms with Gasteiger partial charge in [0.05, 0.1) is 21.2 Å². The van der Waals surface area contributed by atoms with Crippen LogP contribution in [0.3, 0.4) is 0 Å². The summed E-state index contributed by atoms with van der Waals surface area (Å²) in [5.74, 6) is -0.840. The first-order valence-electron chi connectivity index (χ1n) is 8.21. The topological polar surface area (TPSA) is 90.3 Å². The van der Waals surface area contributed by atoms with Crippen molar-refractivity contribution in [3.05, 3.63) is 72.2 Å². The van der Waals surface area contributed by atoms with Crippen molar-refractivity contribution in [2.45, 2.75) is 16.7 Å². The van der Waals surface area contributed by atoms with Crippen LogP contribution in [0, 0.1) is 5.82 Å². The summed E-state index contributed by atoms with van der Waals surface area (Å²) in [5, 5.41) is 0. The predicted octanol–water partition coefficient (Wildman–Crippen LogP) is 3.14. The minimum Gasteiger partial charge on any atom is -0.298 e. The van der Waals surface area contributed by atoms with Crippen LogP contribution in [0.4, 0.5) is 4.39 Å². The number of halogens is 1. The maximum Gasteiger partial charge on any atom is 0.268 e. The molecule has 3 rings (SSSR count). The van der Waals surface area contributed by atoms with Crippen molar-refractivity contribution in [3.63, 3.8) is 0 Å². The maximum absolute atomic E-state index is 14.2. The molecular formula is C19H16FNO5S2. The molecule has 0 unspecified atom stereocenters. The Morgan fingerprint density at radius 2 is 1.64 bits per heavy atom. The molecule has 0 fully saturated rings.